The van der Waals surface area contributed by atoms with E-state index in [9.17, 15) is 14.7 Å². The van der Waals surface area contributed by atoms with E-state index in [1.807, 2.05) is 42.5 Å². The van der Waals surface area contributed by atoms with Crippen LogP contribution in [0.15, 0.2) is 42.5 Å². The zero-order valence-corrected chi connectivity index (χ0v) is 11.4. The van der Waals surface area contributed by atoms with Crippen LogP contribution in [-0.2, 0) is 16.1 Å². The lowest BCUT2D eigenvalue weighted by Crippen LogP contribution is -2.45. The van der Waals surface area contributed by atoms with E-state index in [1.54, 1.807) is 0 Å². The lowest BCUT2D eigenvalue weighted by atomic mass is 9.89. The van der Waals surface area contributed by atoms with Crippen molar-refractivity contribution in [1.82, 2.24) is 5.32 Å². The molecule has 1 aromatic carbocycles. The lowest BCUT2D eigenvalue weighted by Gasteiger charge is -2.25. The van der Waals surface area contributed by atoms with E-state index in [1.165, 1.54) is 0 Å². The first-order chi connectivity index (χ1) is 10.1. The third-order valence-corrected chi connectivity index (χ3v) is 4.24. The Bertz CT molecular complexity index is 569. The Morgan fingerprint density at radius 3 is 2.62 bits per heavy atom. The molecule has 1 amide bonds. The molecule has 3 rings (SSSR count). The van der Waals surface area contributed by atoms with Crippen molar-refractivity contribution >= 4 is 12.1 Å². The number of carboxylic acid groups (broad SMARTS) is 1. The van der Waals surface area contributed by atoms with Crippen LogP contribution in [0, 0.1) is 17.8 Å². The molecular weight excluding hydrogens is 270 g/mol. The van der Waals surface area contributed by atoms with Gasteiger partial charge in [0, 0.05) is 0 Å². The third kappa shape index (κ3) is 2.77. The lowest BCUT2D eigenvalue weighted by molar-refractivity contribution is -0.143. The SMILES string of the molecule is O=C(N[C@H]1[C@@H](C(=O)O)[C@H]2C=C[C@@H]1C2)OCc1ccccc1. The number of alkyl carbamates (subject to hydrolysis) is 1. The van der Waals surface area contributed by atoms with E-state index >= 15 is 0 Å². The molecule has 0 unspecified atom stereocenters. The average Bonchev–Trinajstić information content (AvgIpc) is 3.07. The van der Waals surface area contributed by atoms with Gasteiger partial charge in [0.25, 0.3) is 0 Å². The Morgan fingerprint density at radius 1 is 1.19 bits per heavy atom. The van der Waals surface area contributed by atoms with Gasteiger partial charge < -0.3 is 15.2 Å². The fraction of sp³-hybridized carbons (Fsp3) is 0.375. The van der Waals surface area contributed by atoms with E-state index in [4.69, 9.17) is 4.74 Å². The molecule has 21 heavy (non-hydrogen) atoms. The van der Waals surface area contributed by atoms with Crippen molar-refractivity contribution < 1.29 is 19.4 Å². The maximum Gasteiger partial charge on any atom is 0.407 e. The minimum Gasteiger partial charge on any atom is -0.481 e. The maximum atomic E-state index is 11.9. The van der Waals surface area contributed by atoms with Crippen LogP contribution >= 0.6 is 0 Å². The number of nitrogens with one attached hydrogen (secondary N) is 1. The summed E-state index contributed by atoms with van der Waals surface area (Å²) in [4.78, 5) is 23.2. The highest BCUT2D eigenvalue weighted by atomic mass is 16.5. The van der Waals surface area contributed by atoms with Crippen LogP contribution in [0.3, 0.4) is 0 Å². The Kier molecular flexibility index (Phi) is 3.64. The largest absolute Gasteiger partial charge is 0.481 e. The first-order valence-corrected chi connectivity index (χ1v) is 7.03. The maximum absolute atomic E-state index is 11.9. The number of ether oxygens (including phenoxy) is 1. The van der Waals surface area contributed by atoms with Gasteiger partial charge in [-0.05, 0) is 23.8 Å². The highest BCUT2D eigenvalue weighted by Crippen LogP contribution is 2.43. The van der Waals surface area contributed by atoms with Crippen LogP contribution in [0.25, 0.3) is 0 Å². The standard InChI is InChI=1S/C16H17NO4/c18-15(19)13-11-6-7-12(8-11)14(13)17-16(20)21-9-10-4-2-1-3-5-10/h1-7,11-14H,8-9H2,(H,17,20)(H,18,19)/t11-,12+,13-,14+/m0/s1. The Hall–Kier alpha value is -2.30. The Balaban J connectivity index is 1.57. The third-order valence-electron chi connectivity index (χ3n) is 4.24. The van der Waals surface area contributed by atoms with Crippen molar-refractivity contribution in [3.8, 4) is 0 Å². The molecule has 2 bridgehead atoms. The van der Waals surface area contributed by atoms with Gasteiger partial charge in [-0.2, -0.15) is 0 Å². The molecule has 0 spiro atoms. The van der Waals surface area contributed by atoms with Gasteiger partial charge in [-0.15, -0.1) is 0 Å². The molecule has 5 nitrogen and oxygen atoms in total. The summed E-state index contributed by atoms with van der Waals surface area (Å²) in [5.74, 6) is -1.29. The monoisotopic (exact) mass is 287 g/mol. The van der Waals surface area contributed by atoms with Crippen molar-refractivity contribution in [3.05, 3.63) is 48.0 Å². The molecule has 0 aromatic heterocycles. The van der Waals surface area contributed by atoms with Crippen LogP contribution in [0.4, 0.5) is 4.79 Å². The summed E-state index contributed by atoms with van der Waals surface area (Å²) in [6, 6.07) is 9.00. The molecule has 1 fully saturated rings. The van der Waals surface area contributed by atoms with Gasteiger partial charge >= 0.3 is 12.1 Å². The van der Waals surface area contributed by atoms with Crippen molar-refractivity contribution in [1.29, 1.82) is 0 Å². The van der Waals surface area contributed by atoms with E-state index in [0.717, 1.165) is 12.0 Å². The summed E-state index contributed by atoms with van der Waals surface area (Å²) >= 11 is 0. The summed E-state index contributed by atoms with van der Waals surface area (Å²) in [6.45, 7) is 0.182. The van der Waals surface area contributed by atoms with Gasteiger partial charge in [-0.1, -0.05) is 42.5 Å². The van der Waals surface area contributed by atoms with Gasteiger partial charge in [0.15, 0.2) is 0 Å². The first-order valence-electron chi connectivity index (χ1n) is 7.03. The molecule has 1 aromatic rings. The predicted octanol–water partition coefficient (Wildman–Crippen LogP) is 2.19. The second-order valence-electron chi connectivity index (χ2n) is 5.54. The number of aliphatic carboxylic acids is 1. The average molecular weight is 287 g/mol. The zero-order chi connectivity index (χ0) is 14.8. The summed E-state index contributed by atoms with van der Waals surface area (Å²) < 4.78 is 5.16. The molecule has 5 heteroatoms. The molecule has 4 atom stereocenters. The zero-order valence-electron chi connectivity index (χ0n) is 11.4. The van der Waals surface area contributed by atoms with Crippen molar-refractivity contribution in [2.45, 2.75) is 19.1 Å². The van der Waals surface area contributed by atoms with Gasteiger partial charge in [-0.25, -0.2) is 4.79 Å². The number of carbonyl (C=O) groups excluding carboxylic acids is 1. The highest BCUT2D eigenvalue weighted by molar-refractivity contribution is 5.75. The quantitative estimate of drug-likeness (QED) is 0.832. The molecule has 0 radical (unpaired) electrons. The summed E-state index contributed by atoms with van der Waals surface area (Å²) in [6.07, 6.45) is 4.17. The second kappa shape index (κ2) is 5.60. The topological polar surface area (TPSA) is 75.6 Å². The highest BCUT2D eigenvalue weighted by Gasteiger charge is 2.49. The molecule has 1 saturated carbocycles. The molecule has 2 aliphatic carbocycles. The number of benzene rings is 1. The molecule has 2 aliphatic rings. The number of carbonyl (C=O) groups is 2. The fourth-order valence-corrected chi connectivity index (χ4v) is 3.26. The predicted molar refractivity (Wildman–Crippen MR) is 75.4 cm³/mol. The van der Waals surface area contributed by atoms with Crippen LogP contribution in [0.5, 0.6) is 0 Å². The van der Waals surface area contributed by atoms with E-state index in [0.29, 0.717) is 0 Å². The molecule has 2 N–H and O–H groups in total. The van der Waals surface area contributed by atoms with E-state index in [-0.39, 0.29) is 24.5 Å². The molecular formula is C16H17NO4. The second-order valence-corrected chi connectivity index (χ2v) is 5.54. The van der Waals surface area contributed by atoms with Crippen LogP contribution in [-0.4, -0.2) is 23.2 Å². The molecule has 0 aliphatic heterocycles. The van der Waals surface area contributed by atoms with Gasteiger partial charge in [-0.3, -0.25) is 4.79 Å². The van der Waals surface area contributed by atoms with Gasteiger partial charge in [0.1, 0.15) is 6.61 Å². The minimum atomic E-state index is -0.861. The fourth-order valence-electron chi connectivity index (χ4n) is 3.26. The number of rotatable bonds is 4. The van der Waals surface area contributed by atoms with Gasteiger partial charge in [0.2, 0.25) is 0 Å². The minimum absolute atomic E-state index is 0.0203. The molecule has 110 valence electrons. The van der Waals surface area contributed by atoms with Gasteiger partial charge in [0.05, 0.1) is 12.0 Å². The smallest absolute Gasteiger partial charge is 0.407 e. The summed E-state index contributed by atoms with van der Waals surface area (Å²) in [7, 11) is 0. The van der Waals surface area contributed by atoms with Crippen molar-refractivity contribution in [3.63, 3.8) is 0 Å². The Labute approximate surface area is 122 Å². The number of hydrogen-bond donors (Lipinski definition) is 2. The summed E-state index contributed by atoms with van der Waals surface area (Å²) in [5, 5.41) is 12.0. The first kappa shape index (κ1) is 13.7. The molecule has 0 heterocycles. The van der Waals surface area contributed by atoms with Crippen LogP contribution < -0.4 is 5.32 Å². The van der Waals surface area contributed by atoms with Crippen LogP contribution in [0.1, 0.15) is 12.0 Å². The van der Waals surface area contributed by atoms with Crippen LogP contribution in [0.2, 0.25) is 0 Å². The number of amides is 1. The van der Waals surface area contributed by atoms with Crippen molar-refractivity contribution in [2.75, 3.05) is 0 Å². The number of hydrogen-bond acceptors (Lipinski definition) is 3. The normalized spacial score (nSPS) is 29.3. The molecule has 0 saturated heterocycles. The summed E-state index contributed by atoms with van der Waals surface area (Å²) in [5.41, 5.74) is 0.898. The number of allylic oxidation sites excluding steroid dienone is 1. The Morgan fingerprint density at radius 2 is 1.90 bits per heavy atom. The number of fused-ring (bicyclic) bond motifs is 2. The van der Waals surface area contributed by atoms with E-state index < -0.39 is 18.0 Å². The number of carboxylic acids is 1. The van der Waals surface area contributed by atoms with Crippen molar-refractivity contribution in [2.24, 2.45) is 17.8 Å². The van der Waals surface area contributed by atoms with E-state index in [2.05, 4.69) is 5.32 Å².